The van der Waals surface area contributed by atoms with Crippen molar-refractivity contribution in [1.82, 2.24) is 30.1 Å². The third-order valence-corrected chi connectivity index (χ3v) is 4.37. The van der Waals surface area contributed by atoms with Crippen molar-refractivity contribution in [1.29, 1.82) is 0 Å². The lowest BCUT2D eigenvalue weighted by atomic mass is 10.1. The van der Waals surface area contributed by atoms with Crippen LogP contribution in [-0.4, -0.2) is 30.1 Å². The largest absolute Gasteiger partial charge is 0.335 e. The Morgan fingerprint density at radius 3 is 2.67 bits per heavy atom. The van der Waals surface area contributed by atoms with Gasteiger partial charge in [0.2, 0.25) is 0 Å². The number of fused-ring (bicyclic) bond motifs is 1. The van der Waals surface area contributed by atoms with E-state index in [4.69, 9.17) is 4.98 Å². The Balaban J connectivity index is 1.67. The van der Waals surface area contributed by atoms with Gasteiger partial charge >= 0.3 is 0 Å². The van der Waals surface area contributed by atoms with Crippen molar-refractivity contribution in [2.24, 2.45) is 0 Å². The third kappa shape index (κ3) is 2.65. The highest BCUT2D eigenvalue weighted by Gasteiger charge is 2.16. The summed E-state index contributed by atoms with van der Waals surface area (Å²) in [5.41, 5.74) is 5.46. The van der Waals surface area contributed by atoms with Gasteiger partial charge in [-0.05, 0) is 23.8 Å². The number of aromatic nitrogens is 6. The molecule has 0 atom stereocenters. The average Bonchev–Trinajstić information content (AvgIpc) is 3.35. The maximum atomic E-state index is 13.7. The second kappa shape index (κ2) is 6.14. The summed E-state index contributed by atoms with van der Waals surface area (Å²) in [4.78, 5) is 16.4. The van der Waals surface area contributed by atoms with E-state index in [9.17, 15) is 4.39 Å². The van der Waals surface area contributed by atoms with E-state index in [1.54, 1.807) is 30.9 Å². The minimum Gasteiger partial charge on any atom is -0.335 e. The third-order valence-electron chi connectivity index (χ3n) is 4.37. The summed E-state index contributed by atoms with van der Waals surface area (Å²) in [7, 11) is 0. The van der Waals surface area contributed by atoms with Crippen molar-refractivity contribution < 1.29 is 4.39 Å². The first-order chi connectivity index (χ1) is 13.3. The number of nitrogens with one attached hydrogen (secondary N) is 2. The van der Waals surface area contributed by atoms with E-state index >= 15 is 0 Å². The van der Waals surface area contributed by atoms with Crippen LogP contribution in [0.5, 0.6) is 0 Å². The fraction of sp³-hybridized carbons (Fsp3) is 0. The standard InChI is InChI=1S/C20H13FN6/c21-14-5-1-3-12(7-14)15-9-23-11-17-18(15)26-20(25-17)19-16(10-24-27-19)13-4-2-6-22-8-13/h1-11H,(H,24,27)(H,25,26). The maximum Gasteiger partial charge on any atom is 0.159 e. The van der Waals surface area contributed by atoms with Crippen molar-refractivity contribution in [2.45, 2.75) is 0 Å². The molecule has 1 aromatic carbocycles. The summed E-state index contributed by atoms with van der Waals surface area (Å²) in [5, 5.41) is 7.24. The van der Waals surface area contributed by atoms with Gasteiger partial charge in [0.15, 0.2) is 5.82 Å². The van der Waals surface area contributed by atoms with Gasteiger partial charge in [-0.2, -0.15) is 5.10 Å². The number of hydrogen-bond donors (Lipinski definition) is 2. The molecule has 4 heterocycles. The van der Waals surface area contributed by atoms with E-state index in [1.165, 1.54) is 12.1 Å². The molecule has 0 fully saturated rings. The highest BCUT2D eigenvalue weighted by molar-refractivity contribution is 5.93. The molecule has 5 aromatic rings. The van der Waals surface area contributed by atoms with E-state index in [1.807, 2.05) is 24.4 Å². The number of H-pyrrole nitrogens is 2. The SMILES string of the molecule is Fc1cccc(-c2cncc3[nH]c(-c4n[nH]cc4-c4cccnc4)nc23)c1. The molecule has 0 aliphatic carbocycles. The number of imidazole rings is 1. The quantitative estimate of drug-likeness (QED) is 0.507. The molecule has 5 rings (SSSR count). The molecular formula is C20H13FN6. The lowest BCUT2D eigenvalue weighted by Crippen LogP contribution is -1.86. The van der Waals surface area contributed by atoms with E-state index in [0.717, 1.165) is 27.8 Å². The van der Waals surface area contributed by atoms with E-state index in [0.29, 0.717) is 17.0 Å². The van der Waals surface area contributed by atoms with Gasteiger partial charge in [-0.1, -0.05) is 18.2 Å². The number of pyridine rings is 2. The number of hydrogen-bond acceptors (Lipinski definition) is 4. The predicted molar refractivity (Wildman–Crippen MR) is 100 cm³/mol. The molecule has 0 saturated carbocycles. The van der Waals surface area contributed by atoms with Crippen LogP contribution in [-0.2, 0) is 0 Å². The Labute approximate surface area is 153 Å². The van der Waals surface area contributed by atoms with E-state index in [-0.39, 0.29) is 5.82 Å². The number of aromatic amines is 2. The summed E-state index contributed by atoms with van der Waals surface area (Å²) >= 11 is 0. The van der Waals surface area contributed by atoms with Gasteiger partial charge < -0.3 is 4.98 Å². The maximum absolute atomic E-state index is 13.7. The Kier molecular flexibility index (Phi) is 3.50. The molecule has 0 saturated heterocycles. The van der Waals surface area contributed by atoms with Crippen LogP contribution in [0.2, 0.25) is 0 Å². The molecule has 4 aromatic heterocycles. The molecule has 130 valence electrons. The first-order valence-electron chi connectivity index (χ1n) is 8.34. The molecule has 27 heavy (non-hydrogen) atoms. The van der Waals surface area contributed by atoms with E-state index in [2.05, 4.69) is 25.1 Å². The predicted octanol–water partition coefficient (Wildman–Crippen LogP) is 4.22. The molecule has 0 amide bonds. The van der Waals surface area contributed by atoms with Gasteiger partial charge in [0.05, 0.1) is 17.2 Å². The van der Waals surface area contributed by atoms with Crippen molar-refractivity contribution in [3.8, 4) is 33.8 Å². The van der Waals surface area contributed by atoms with Crippen LogP contribution in [0.25, 0.3) is 44.8 Å². The van der Waals surface area contributed by atoms with Crippen molar-refractivity contribution >= 4 is 11.0 Å². The van der Waals surface area contributed by atoms with Crippen LogP contribution >= 0.6 is 0 Å². The summed E-state index contributed by atoms with van der Waals surface area (Å²) in [5.74, 6) is 0.308. The van der Waals surface area contributed by atoms with Crippen LogP contribution in [0.1, 0.15) is 0 Å². The van der Waals surface area contributed by atoms with Crippen LogP contribution in [0.15, 0.2) is 67.4 Å². The molecule has 0 spiro atoms. The zero-order valence-corrected chi connectivity index (χ0v) is 14.0. The smallest absolute Gasteiger partial charge is 0.159 e. The Morgan fingerprint density at radius 2 is 1.81 bits per heavy atom. The average molecular weight is 356 g/mol. The minimum absolute atomic E-state index is 0.300. The zero-order valence-electron chi connectivity index (χ0n) is 14.0. The normalized spacial score (nSPS) is 11.1. The number of benzene rings is 1. The lowest BCUT2D eigenvalue weighted by Gasteiger charge is -2.01. The number of rotatable bonds is 3. The topological polar surface area (TPSA) is 83.1 Å². The Morgan fingerprint density at radius 1 is 0.889 bits per heavy atom. The fourth-order valence-electron chi connectivity index (χ4n) is 3.12. The van der Waals surface area contributed by atoms with Gasteiger partial charge in [0.25, 0.3) is 0 Å². The highest BCUT2D eigenvalue weighted by atomic mass is 19.1. The van der Waals surface area contributed by atoms with Gasteiger partial charge in [0.1, 0.15) is 11.5 Å². The monoisotopic (exact) mass is 356 g/mol. The van der Waals surface area contributed by atoms with Crippen LogP contribution in [0.3, 0.4) is 0 Å². The second-order valence-electron chi connectivity index (χ2n) is 6.07. The molecule has 2 N–H and O–H groups in total. The molecule has 0 aliphatic rings. The van der Waals surface area contributed by atoms with Crippen molar-refractivity contribution in [2.75, 3.05) is 0 Å². The first kappa shape index (κ1) is 15.4. The molecule has 0 aliphatic heterocycles. The molecule has 7 heteroatoms. The number of nitrogens with zero attached hydrogens (tertiary/aromatic N) is 4. The van der Waals surface area contributed by atoms with Gasteiger partial charge in [-0.15, -0.1) is 0 Å². The van der Waals surface area contributed by atoms with Gasteiger partial charge in [-0.25, -0.2) is 9.37 Å². The van der Waals surface area contributed by atoms with Crippen LogP contribution in [0.4, 0.5) is 4.39 Å². The van der Waals surface area contributed by atoms with Crippen molar-refractivity contribution in [3.63, 3.8) is 0 Å². The summed E-state index contributed by atoms with van der Waals surface area (Å²) in [6.45, 7) is 0. The molecule has 6 nitrogen and oxygen atoms in total. The Hall–Kier alpha value is -3.87. The molecule has 0 unspecified atom stereocenters. The zero-order chi connectivity index (χ0) is 18.2. The minimum atomic E-state index is -0.300. The Bertz CT molecular complexity index is 1240. The highest BCUT2D eigenvalue weighted by Crippen LogP contribution is 2.32. The van der Waals surface area contributed by atoms with Gasteiger partial charge in [0, 0.05) is 41.5 Å². The second-order valence-corrected chi connectivity index (χ2v) is 6.07. The fourth-order valence-corrected chi connectivity index (χ4v) is 3.12. The van der Waals surface area contributed by atoms with Crippen molar-refractivity contribution in [3.05, 3.63) is 73.2 Å². The van der Waals surface area contributed by atoms with Crippen LogP contribution < -0.4 is 0 Å². The summed E-state index contributed by atoms with van der Waals surface area (Å²) < 4.78 is 13.7. The number of halogens is 1. The molecule has 0 radical (unpaired) electrons. The van der Waals surface area contributed by atoms with Crippen LogP contribution in [0, 0.1) is 5.82 Å². The first-order valence-corrected chi connectivity index (χ1v) is 8.34. The summed E-state index contributed by atoms with van der Waals surface area (Å²) in [6.07, 6.45) is 8.70. The molecule has 0 bridgehead atoms. The lowest BCUT2D eigenvalue weighted by molar-refractivity contribution is 0.628. The molecular weight excluding hydrogens is 343 g/mol. The van der Waals surface area contributed by atoms with E-state index < -0.39 is 0 Å². The summed E-state index contributed by atoms with van der Waals surface area (Å²) in [6, 6.07) is 10.2. The van der Waals surface area contributed by atoms with Gasteiger partial charge in [-0.3, -0.25) is 15.1 Å².